The minimum atomic E-state index is -1.06. The molecule has 16 heavy (non-hydrogen) atoms. The fraction of sp³-hybridized carbons (Fsp3) is 0.636. The highest BCUT2D eigenvalue weighted by atomic mass is 16.5. The van der Waals surface area contributed by atoms with Gasteiger partial charge in [-0.15, -0.1) is 0 Å². The van der Waals surface area contributed by atoms with Crippen molar-refractivity contribution in [1.82, 2.24) is 5.32 Å². The molecule has 5 heteroatoms. The molecule has 2 N–H and O–H groups in total. The van der Waals surface area contributed by atoms with Gasteiger partial charge in [-0.1, -0.05) is 0 Å². The predicted molar refractivity (Wildman–Crippen MR) is 60.1 cm³/mol. The topological polar surface area (TPSA) is 75.6 Å². The van der Waals surface area contributed by atoms with Crippen molar-refractivity contribution in [2.45, 2.75) is 26.7 Å². The van der Waals surface area contributed by atoms with Crippen LogP contribution in [0.3, 0.4) is 0 Å². The summed E-state index contributed by atoms with van der Waals surface area (Å²) in [6.07, 6.45) is 1.69. The second-order valence-electron chi connectivity index (χ2n) is 3.51. The largest absolute Gasteiger partial charge is 0.478 e. The molecule has 0 saturated carbocycles. The lowest BCUT2D eigenvalue weighted by atomic mass is 10.1. The molecular weight excluding hydrogens is 210 g/mol. The molecule has 0 aromatic carbocycles. The number of rotatable bonds is 7. The predicted octanol–water partition coefficient (Wildman–Crippen LogP) is 0.950. The van der Waals surface area contributed by atoms with Gasteiger partial charge in [0.2, 0.25) is 5.91 Å². The molecule has 0 aliphatic heterocycles. The maximum atomic E-state index is 11.5. The zero-order valence-electron chi connectivity index (χ0n) is 10.0. The molecule has 0 spiro atoms. The number of carbonyl (C=O) groups excluding carboxylic acids is 1. The van der Waals surface area contributed by atoms with Gasteiger partial charge in [-0.25, -0.2) is 4.79 Å². The summed E-state index contributed by atoms with van der Waals surface area (Å²) in [5.74, 6) is -1.38. The molecule has 0 unspecified atom stereocenters. The summed E-state index contributed by atoms with van der Waals surface area (Å²) in [5.41, 5.74) is 0.327. The zero-order chi connectivity index (χ0) is 12.6. The minimum Gasteiger partial charge on any atom is -0.478 e. The number of methoxy groups -OCH3 is 1. The lowest BCUT2D eigenvalue weighted by Crippen LogP contribution is -2.26. The van der Waals surface area contributed by atoms with Gasteiger partial charge in [0, 0.05) is 31.4 Å². The summed E-state index contributed by atoms with van der Waals surface area (Å²) in [6.45, 7) is 4.13. The van der Waals surface area contributed by atoms with Crippen LogP contribution in [0.2, 0.25) is 0 Å². The molecule has 0 saturated heterocycles. The third-order valence-electron chi connectivity index (χ3n) is 2.28. The van der Waals surface area contributed by atoms with Crippen LogP contribution >= 0.6 is 0 Å². The van der Waals surface area contributed by atoms with Crippen LogP contribution in [0, 0.1) is 0 Å². The number of unbranched alkanes of at least 4 members (excludes halogenated alkanes) is 1. The van der Waals surface area contributed by atoms with E-state index in [0.717, 1.165) is 12.8 Å². The Balaban J connectivity index is 3.98. The Morgan fingerprint density at radius 2 is 1.81 bits per heavy atom. The summed E-state index contributed by atoms with van der Waals surface area (Å²) in [7, 11) is 1.63. The Hall–Kier alpha value is -1.36. The van der Waals surface area contributed by atoms with Gasteiger partial charge in [0.15, 0.2) is 0 Å². The average molecular weight is 229 g/mol. The smallest absolute Gasteiger partial charge is 0.331 e. The molecule has 92 valence electrons. The number of nitrogens with one attached hydrogen (secondary N) is 1. The van der Waals surface area contributed by atoms with Crippen molar-refractivity contribution < 1.29 is 19.4 Å². The molecule has 1 amide bonds. The Kier molecular flexibility index (Phi) is 7.20. The maximum absolute atomic E-state index is 11.5. The van der Waals surface area contributed by atoms with E-state index in [-0.39, 0.29) is 17.1 Å². The molecule has 0 aromatic rings. The highest BCUT2D eigenvalue weighted by Crippen LogP contribution is 2.03. The molecule has 0 radical (unpaired) electrons. The number of amides is 1. The molecule has 0 aliphatic carbocycles. The van der Waals surface area contributed by atoms with Crippen molar-refractivity contribution in [1.29, 1.82) is 0 Å². The van der Waals surface area contributed by atoms with E-state index in [4.69, 9.17) is 9.84 Å². The van der Waals surface area contributed by atoms with Crippen molar-refractivity contribution in [2.24, 2.45) is 0 Å². The Morgan fingerprint density at radius 3 is 2.31 bits per heavy atom. The molecule has 0 heterocycles. The molecule has 5 nitrogen and oxygen atoms in total. The van der Waals surface area contributed by atoms with Gasteiger partial charge in [0.25, 0.3) is 0 Å². The van der Waals surface area contributed by atoms with Crippen molar-refractivity contribution in [3.8, 4) is 0 Å². The van der Waals surface area contributed by atoms with Gasteiger partial charge >= 0.3 is 5.97 Å². The van der Waals surface area contributed by atoms with Crippen molar-refractivity contribution >= 4 is 11.9 Å². The summed E-state index contributed by atoms with van der Waals surface area (Å²) in [5, 5.41) is 11.3. The number of hydrogen-bond donors (Lipinski definition) is 2. The van der Waals surface area contributed by atoms with Crippen LogP contribution in [0.15, 0.2) is 11.1 Å². The quantitative estimate of drug-likeness (QED) is 0.503. The minimum absolute atomic E-state index is 0.0781. The number of carboxylic acids is 1. The molecule has 0 rings (SSSR count). The first-order chi connectivity index (χ1) is 7.50. The standard InChI is InChI=1S/C11H19NO4/c1-8(9(2)11(14)15)10(13)12-6-4-5-7-16-3/h4-7H2,1-3H3,(H,12,13)(H,14,15). The van der Waals surface area contributed by atoms with E-state index in [1.54, 1.807) is 7.11 Å². The summed E-state index contributed by atoms with van der Waals surface area (Å²) >= 11 is 0. The molecule has 0 aliphatic rings. The Bertz CT molecular complexity index is 284. The second-order valence-corrected chi connectivity index (χ2v) is 3.51. The molecule has 0 atom stereocenters. The summed E-state index contributed by atoms with van der Waals surface area (Å²) < 4.78 is 4.87. The van der Waals surface area contributed by atoms with Gasteiger partial charge in [-0.2, -0.15) is 0 Å². The fourth-order valence-electron chi connectivity index (χ4n) is 1.04. The van der Waals surface area contributed by atoms with Crippen molar-refractivity contribution in [2.75, 3.05) is 20.3 Å². The highest BCUT2D eigenvalue weighted by Gasteiger charge is 2.11. The van der Waals surface area contributed by atoms with Gasteiger partial charge < -0.3 is 15.2 Å². The van der Waals surface area contributed by atoms with E-state index < -0.39 is 5.97 Å². The van der Waals surface area contributed by atoms with E-state index in [0.29, 0.717) is 13.2 Å². The third-order valence-corrected chi connectivity index (χ3v) is 2.28. The zero-order valence-corrected chi connectivity index (χ0v) is 10.0. The number of hydrogen-bond acceptors (Lipinski definition) is 3. The molecule has 0 bridgehead atoms. The monoisotopic (exact) mass is 229 g/mol. The maximum Gasteiger partial charge on any atom is 0.331 e. The van der Waals surface area contributed by atoms with Crippen LogP contribution < -0.4 is 5.32 Å². The van der Waals surface area contributed by atoms with Crippen LogP contribution in [0.25, 0.3) is 0 Å². The molecule has 0 fully saturated rings. The average Bonchev–Trinajstić information content (AvgIpc) is 2.26. The highest BCUT2D eigenvalue weighted by molar-refractivity contribution is 6.01. The van der Waals surface area contributed by atoms with Crippen LogP contribution in [-0.2, 0) is 14.3 Å². The van der Waals surface area contributed by atoms with Gasteiger partial charge in [0.05, 0.1) is 0 Å². The second kappa shape index (κ2) is 7.87. The lowest BCUT2D eigenvalue weighted by Gasteiger charge is -2.06. The Morgan fingerprint density at radius 1 is 1.19 bits per heavy atom. The van der Waals surface area contributed by atoms with Crippen LogP contribution in [0.5, 0.6) is 0 Å². The summed E-state index contributed by atoms with van der Waals surface area (Å²) in [4.78, 5) is 22.1. The number of aliphatic carboxylic acids is 1. The van der Waals surface area contributed by atoms with E-state index in [1.165, 1.54) is 13.8 Å². The van der Waals surface area contributed by atoms with Crippen molar-refractivity contribution in [3.63, 3.8) is 0 Å². The van der Waals surface area contributed by atoms with E-state index in [2.05, 4.69) is 5.32 Å². The fourth-order valence-corrected chi connectivity index (χ4v) is 1.04. The van der Waals surface area contributed by atoms with Crippen LogP contribution in [0.1, 0.15) is 26.7 Å². The van der Waals surface area contributed by atoms with E-state index in [1.807, 2.05) is 0 Å². The first kappa shape index (κ1) is 14.6. The van der Waals surface area contributed by atoms with Gasteiger partial charge in [-0.3, -0.25) is 4.79 Å². The summed E-state index contributed by atoms with van der Waals surface area (Å²) in [6, 6.07) is 0. The number of carboxylic acid groups (broad SMARTS) is 1. The first-order valence-electron chi connectivity index (χ1n) is 5.18. The normalized spacial score (nSPS) is 11.9. The number of carbonyl (C=O) groups is 2. The molecule has 0 aromatic heterocycles. The van der Waals surface area contributed by atoms with Crippen LogP contribution in [0.4, 0.5) is 0 Å². The van der Waals surface area contributed by atoms with Crippen LogP contribution in [-0.4, -0.2) is 37.2 Å². The third kappa shape index (κ3) is 5.50. The SMILES string of the molecule is COCCCCNC(=O)C(C)=C(C)C(=O)O. The lowest BCUT2D eigenvalue weighted by molar-refractivity contribution is -0.133. The number of ether oxygens (including phenoxy) is 1. The van der Waals surface area contributed by atoms with E-state index in [9.17, 15) is 9.59 Å². The van der Waals surface area contributed by atoms with Gasteiger partial charge in [0.1, 0.15) is 0 Å². The van der Waals surface area contributed by atoms with Crippen molar-refractivity contribution in [3.05, 3.63) is 11.1 Å². The first-order valence-corrected chi connectivity index (χ1v) is 5.18. The van der Waals surface area contributed by atoms with Gasteiger partial charge in [-0.05, 0) is 26.7 Å². The molecular formula is C11H19NO4. The Labute approximate surface area is 95.5 Å². The van der Waals surface area contributed by atoms with E-state index >= 15 is 0 Å².